The van der Waals surface area contributed by atoms with E-state index in [4.69, 9.17) is 0 Å². The van der Waals surface area contributed by atoms with Crippen molar-refractivity contribution in [2.45, 2.75) is 38.6 Å². The van der Waals surface area contributed by atoms with Crippen LogP contribution in [0.1, 0.15) is 54.0 Å². The lowest BCUT2D eigenvalue weighted by atomic mass is 9.83. The van der Waals surface area contributed by atoms with Gasteiger partial charge in [0.05, 0.1) is 5.56 Å². The number of fused-ring (bicyclic) bond motifs is 4. The van der Waals surface area contributed by atoms with Crippen molar-refractivity contribution in [2.24, 2.45) is 5.92 Å². The quantitative estimate of drug-likeness (QED) is 0.715. The molecule has 0 saturated carbocycles. The number of H-pyrrole nitrogens is 2. The van der Waals surface area contributed by atoms with Crippen LogP contribution in [0.3, 0.4) is 0 Å². The molecule has 5 rings (SSSR count). The third-order valence-electron chi connectivity index (χ3n) is 6.08. The molecule has 2 bridgehead atoms. The number of aromatic nitrogens is 5. The maximum absolute atomic E-state index is 13.1. The second kappa shape index (κ2) is 6.72. The number of aromatic amines is 2. The van der Waals surface area contributed by atoms with Gasteiger partial charge in [0.15, 0.2) is 0 Å². The van der Waals surface area contributed by atoms with Crippen LogP contribution in [0.4, 0.5) is 0 Å². The highest BCUT2D eigenvalue weighted by atomic mass is 16.2. The summed E-state index contributed by atoms with van der Waals surface area (Å²) >= 11 is 0. The Morgan fingerprint density at radius 3 is 2.83 bits per heavy atom. The number of imidazole rings is 1. The van der Waals surface area contributed by atoms with Gasteiger partial charge < -0.3 is 14.5 Å². The molecule has 0 unspecified atom stereocenters. The summed E-state index contributed by atoms with van der Waals surface area (Å²) in [6, 6.07) is 5.71. The smallest absolute Gasteiger partial charge is 0.274 e. The molecule has 2 aliphatic rings. The van der Waals surface area contributed by atoms with Crippen LogP contribution in [0.2, 0.25) is 0 Å². The number of carbonyl (C=O) groups excluding carboxylic acids is 1. The van der Waals surface area contributed by atoms with Gasteiger partial charge in [0.2, 0.25) is 0 Å². The zero-order chi connectivity index (χ0) is 20.1. The molecule has 5 heterocycles. The molecular formula is C21H24N6O2. The number of likely N-dealkylation sites (tertiary alicyclic amines) is 1. The molecule has 8 heteroatoms. The number of amides is 1. The SMILES string of the molecule is CC(C)c1cc(C(=O)N2C[C@@H]3C[C@H](C2)c2ccc(-c4ncc[nH]4)c(=O)n2C3)n[nH]1. The summed E-state index contributed by atoms with van der Waals surface area (Å²) in [5.41, 5.74) is 3.02. The lowest BCUT2D eigenvalue weighted by molar-refractivity contribution is 0.0589. The normalized spacial score (nSPS) is 20.7. The third-order valence-corrected chi connectivity index (χ3v) is 6.08. The molecule has 0 aliphatic carbocycles. The summed E-state index contributed by atoms with van der Waals surface area (Å²) in [4.78, 5) is 35.2. The first-order chi connectivity index (χ1) is 14.0. The fourth-order valence-electron chi connectivity index (χ4n) is 4.61. The number of nitrogens with zero attached hydrogens (tertiary/aromatic N) is 4. The molecule has 29 heavy (non-hydrogen) atoms. The standard InChI is InChI=1S/C21H24N6O2/c1-12(2)16-8-17(25-24-16)21(29)26-9-13-7-14(11-26)18-4-3-15(19-22-5-6-23-19)20(28)27(18)10-13/h3-6,8,12-14H,7,9-11H2,1-2H3,(H,22,23)(H,24,25)/t13-,14+/m0/s1. The van der Waals surface area contributed by atoms with Gasteiger partial charge in [-0.05, 0) is 36.5 Å². The molecule has 3 aromatic rings. The molecule has 3 aromatic heterocycles. The van der Waals surface area contributed by atoms with Crippen LogP contribution >= 0.6 is 0 Å². The van der Waals surface area contributed by atoms with Crippen LogP contribution < -0.4 is 5.56 Å². The minimum atomic E-state index is -0.0362. The maximum Gasteiger partial charge on any atom is 0.274 e. The summed E-state index contributed by atoms with van der Waals surface area (Å²) in [5, 5.41) is 7.19. The number of piperidine rings is 1. The Balaban J connectivity index is 1.43. The zero-order valence-electron chi connectivity index (χ0n) is 16.6. The molecule has 0 radical (unpaired) electrons. The fourth-order valence-corrected chi connectivity index (χ4v) is 4.61. The minimum Gasteiger partial charge on any atom is -0.344 e. The van der Waals surface area contributed by atoms with E-state index in [2.05, 4.69) is 34.0 Å². The number of pyridine rings is 1. The molecule has 2 aliphatic heterocycles. The van der Waals surface area contributed by atoms with Crippen molar-refractivity contribution < 1.29 is 4.79 Å². The van der Waals surface area contributed by atoms with E-state index in [0.717, 1.165) is 17.8 Å². The third kappa shape index (κ3) is 2.99. The van der Waals surface area contributed by atoms with Crippen molar-refractivity contribution >= 4 is 5.91 Å². The summed E-state index contributed by atoms with van der Waals surface area (Å²) < 4.78 is 1.88. The van der Waals surface area contributed by atoms with E-state index in [1.807, 2.05) is 27.7 Å². The molecule has 2 atom stereocenters. The van der Waals surface area contributed by atoms with Crippen molar-refractivity contribution in [3.05, 3.63) is 58.0 Å². The lowest BCUT2D eigenvalue weighted by Crippen LogP contribution is -2.49. The summed E-state index contributed by atoms with van der Waals surface area (Å²) in [7, 11) is 0. The molecule has 8 nitrogen and oxygen atoms in total. The van der Waals surface area contributed by atoms with Crippen LogP contribution in [0.15, 0.2) is 35.4 Å². The average Bonchev–Trinajstić information content (AvgIpc) is 3.40. The first-order valence-corrected chi connectivity index (χ1v) is 10.1. The maximum atomic E-state index is 13.1. The molecule has 2 N–H and O–H groups in total. The topological polar surface area (TPSA) is 99.7 Å². The monoisotopic (exact) mass is 392 g/mol. The van der Waals surface area contributed by atoms with E-state index >= 15 is 0 Å². The van der Waals surface area contributed by atoms with Crippen molar-refractivity contribution in [1.29, 1.82) is 0 Å². The highest BCUT2D eigenvalue weighted by Gasteiger charge is 2.37. The van der Waals surface area contributed by atoms with Gasteiger partial charge in [-0.15, -0.1) is 0 Å². The Labute approximate surface area is 168 Å². The van der Waals surface area contributed by atoms with Gasteiger partial charge >= 0.3 is 0 Å². The van der Waals surface area contributed by atoms with E-state index in [1.165, 1.54) is 0 Å². The van der Waals surface area contributed by atoms with Crippen LogP contribution in [-0.2, 0) is 6.54 Å². The molecule has 0 aromatic carbocycles. The van der Waals surface area contributed by atoms with E-state index < -0.39 is 0 Å². The van der Waals surface area contributed by atoms with Gasteiger partial charge in [-0.25, -0.2) is 4.98 Å². The molecule has 1 saturated heterocycles. The van der Waals surface area contributed by atoms with Crippen molar-refractivity contribution in [3.8, 4) is 11.4 Å². The Bertz CT molecular complexity index is 1110. The Kier molecular flexibility index (Phi) is 4.15. The Morgan fingerprint density at radius 1 is 1.24 bits per heavy atom. The molecule has 1 fully saturated rings. The molecule has 0 spiro atoms. The van der Waals surface area contributed by atoms with E-state index in [1.54, 1.807) is 12.4 Å². The number of hydrogen-bond acceptors (Lipinski definition) is 4. The predicted molar refractivity (Wildman–Crippen MR) is 108 cm³/mol. The van der Waals surface area contributed by atoms with Crippen LogP contribution in [0, 0.1) is 5.92 Å². The number of hydrogen-bond donors (Lipinski definition) is 2. The van der Waals surface area contributed by atoms with E-state index in [0.29, 0.717) is 42.6 Å². The van der Waals surface area contributed by atoms with Crippen molar-refractivity contribution in [3.63, 3.8) is 0 Å². The van der Waals surface area contributed by atoms with Gasteiger partial charge in [-0.3, -0.25) is 14.7 Å². The predicted octanol–water partition coefficient (Wildman–Crippen LogP) is 2.34. The van der Waals surface area contributed by atoms with Crippen LogP contribution in [-0.4, -0.2) is 48.6 Å². The first-order valence-electron chi connectivity index (χ1n) is 10.1. The largest absolute Gasteiger partial charge is 0.344 e. The Morgan fingerprint density at radius 2 is 2.10 bits per heavy atom. The second-order valence-corrected chi connectivity index (χ2v) is 8.40. The van der Waals surface area contributed by atoms with Crippen LogP contribution in [0.25, 0.3) is 11.4 Å². The van der Waals surface area contributed by atoms with E-state index in [-0.39, 0.29) is 23.3 Å². The van der Waals surface area contributed by atoms with Crippen molar-refractivity contribution in [1.82, 2.24) is 29.6 Å². The van der Waals surface area contributed by atoms with Crippen molar-refractivity contribution in [2.75, 3.05) is 13.1 Å². The number of rotatable bonds is 3. The van der Waals surface area contributed by atoms with Gasteiger partial charge in [0.1, 0.15) is 11.5 Å². The second-order valence-electron chi connectivity index (χ2n) is 8.40. The van der Waals surface area contributed by atoms with Crippen LogP contribution in [0.5, 0.6) is 0 Å². The zero-order valence-corrected chi connectivity index (χ0v) is 16.6. The molecule has 150 valence electrons. The van der Waals surface area contributed by atoms with Gasteiger partial charge in [0.25, 0.3) is 11.5 Å². The highest BCUT2D eigenvalue weighted by molar-refractivity contribution is 5.92. The summed E-state index contributed by atoms with van der Waals surface area (Å²) in [5.74, 6) is 1.28. The fraction of sp³-hybridized carbons (Fsp3) is 0.429. The lowest BCUT2D eigenvalue weighted by Gasteiger charge is -2.42. The minimum absolute atomic E-state index is 0.0131. The van der Waals surface area contributed by atoms with Gasteiger partial charge in [-0.1, -0.05) is 13.8 Å². The molecule has 1 amide bonds. The van der Waals surface area contributed by atoms with Gasteiger partial charge in [0, 0.05) is 49.3 Å². The molecular weight excluding hydrogens is 368 g/mol. The Hall–Kier alpha value is -3.16. The first kappa shape index (κ1) is 17.9. The average molecular weight is 392 g/mol. The highest BCUT2D eigenvalue weighted by Crippen LogP contribution is 2.36. The summed E-state index contributed by atoms with van der Waals surface area (Å²) in [6.07, 6.45) is 4.37. The van der Waals surface area contributed by atoms with Gasteiger partial charge in [-0.2, -0.15) is 5.10 Å². The van der Waals surface area contributed by atoms with E-state index in [9.17, 15) is 9.59 Å². The number of carbonyl (C=O) groups is 1. The number of nitrogens with one attached hydrogen (secondary N) is 2. The summed E-state index contributed by atoms with van der Waals surface area (Å²) in [6.45, 7) is 6.02.